The van der Waals surface area contributed by atoms with E-state index in [9.17, 15) is 0 Å². The molecule has 1 saturated carbocycles. The highest BCUT2D eigenvalue weighted by Crippen LogP contribution is 2.29. The molecule has 0 spiro atoms. The molecule has 2 aliphatic heterocycles. The van der Waals surface area contributed by atoms with Gasteiger partial charge in [0.2, 0.25) is 5.89 Å². The second-order valence-electron chi connectivity index (χ2n) is 9.37. The van der Waals surface area contributed by atoms with E-state index in [-0.39, 0.29) is 0 Å². The molecule has 1 aromatic rings. The van der Waals surface area contributed by atoms with Gasteiger partial charge in [0.05, 0.1) is 12.2 Å². The third-order valence-corrected chi connectivity index (χ3v) is 6.92. The quantitative estimate of drug-likeness (QED) is 0.526. The minimum Gasteiger partial charge on any atom is -0.444 e. The number of hydrogen-bond acceptors (Lipinski definition) is 5. The minimum absolute atomic E-state index is 0.562. The zero-order valence-corrected chi connectivity index (χ0v) is 19.1. The van der Waals surface area contributed by atoms with Crippen molar-refractivity contribution >= 4 is 5.96 Å². The van der Waals surface area contributed by atoms with E-state index in [1.54, 1.807) is 0 Å². The average molecular weight is 417 g/mol. The SMILES string of the molecule is CCNC(=NCC1CCN(Cc2nc(C)c(C)o2)CC1)NC1CCN(C2CC2)CC1. The molecule has 0 aromatic carbocycles. The molecule has 3 fully saturated rings. The van der Waals surface area contributed by atoms with Crippen molar-refractivity contribution in [2.75, 3.05) is 39.3 Å². The van der Waals surface area contributed by atoms with Crippen molar-refractivity contribution in [2.24, 2.45) is 10.9 Å². The number of guanidine groups is 1. The number of likely N-dealkylation sites (tertiary alicyclic amines) is 2. The molecule has 0 radical (unpaired) electrons. The molecule has 2 N–H and O–H groups in total. The Morgan fingerprint density at radius 2 is 1.80 bits per heavy atom. The molecule has 7 nitrogen and oxygen atoms in total. The first kappa shape index (κ1) is 21.6. The molecule has 2 saturated heterocycles. The van der Waals surface area contributed by atoms with E-state index in [4.69, 9.17) is 9.41 Å². The van der Waals surface area contributed by atoms with Crippen molar-refractivity contribution in [1.29, 1.82) is 0 Å². The highest BCUT2D eigenvalue weighted by Gasteiger charge is 2.32. The summed E-state index contributed by atoms with van der Waals surface area (Å²) < 4.78 is 5.75. The van der Waals surface area contributed by atoms with Crippen LogP contribution in [0.3, 0.4) is 0 Å². The molecule has 4 rings (SSSR count). The van der Waals surface area contributed by atoms with Crippen LogP contribution in [0.25, 0.3) is 0 Å². The Labute approximate surface area is 181 Å². The van der Waals surface area contributed by atoms with Crippen LogP contribution in [0.15, 0.2) is 9.41 Å². The van der Waals surface area contributed by atoms with E-state index in [0.29, 0.717) is 12.0 Å². The fourth-order valence-corrected chi connectivity index (χ4v) is 4.71. The predicted octanol–water partition coefficient (Wildman–Crippen LogP) is 2.69. The molecule has 3 heterocycles. The summed E-state index contributed by atoms with van der Waals surface area (Å²) in [6.45, 7) is 13.5. The Bertz CT molecular complexity index is 677. The Hall–Kier alpha value is -1.60. The van der Waals surface area contributed by atoms with E-state index in [1.165, 1.54) is 51.6 Å². The van der Waals surface area contributed by atoms with Crippen LogP contribution >= 0.6 is 0 Å². The molecule has 168 valence electrons. The van der Waals surface area contributed by atoms with Gasteiger partial charge >= 0.3 is 0 Å². The molecular weight excluding hydrogens is 376 g/mol. The van der Waals surface area contributed by atoms with Crippen molar-refractivity contribution in [2.45, 2.75) is 77.9 Å². The summed E-state index contributed by atoms with van der Waals surface area (Å²) >= 11 is 0. The largest absolute Gasteiger partial charge is 0.444 e. The zero-order chi connectivity index (χ0) is 20.9. The van der Waals surface area contributed by atoms with Gasteiger partial charge in [-0.25, -0.2) is 4.98 Å². The molecule has 1 aromatic heterocycles. The molecule has 0 bridgehead atoms. The first-order chi connectivity index (χ1) is 14.6. The summed E-state index contributed by atoms with van der Waals surface area (Å²) in [5.74, 6) is 3.47. The van der Waals surface area contributed by atoms with E-state index in [2.05, 4.69) is 32.3 Å². The van der Waals surface area contributed by atoms with Gasteiger partial charge in [-0.3, -0.25) is 9.89 Å². The van der Waals surface area contributed by atoms with E-state index >= 15 is 0 Å². The molecule has 30 heavy (non-hydrogen) atoms. The maximum absolute atomic E-state index is 5.75. The summed E-state index contributed by atoms with van der Waals surface area (Å²) in [7, 11) is 0. The maximum atomic E-state index is 5.75. The standard InChI is InChI=1S/C23H40N6O/c1-4-24-23(27-20-9-13-29(14-10-20)21-5-6-21)25-15-19-7-11-28(12-8-19)16-22-26-17(2)18(3)30-22/h19-21H,4-16H2,1-3H3,(H2,24,25,27). The van der Waals surface area contributed by atoms with Crippen LogP contribution in [0.5, 0.6) is 0 Å². The number of nitrogens with zero attached hydrogens (tertiary/aromatic N) is 4. The summed E-state index contributed by atoms with van der Waals surface area (Å²) in [6.07, 6.45) is 7.69. The average Bonchev–Trinajstić information content (AvgIpc) is 3.54. The highest BCUT2D eigenvalue weighted by molar-refractivity contribution is 5.80. The van der Waals surface area contributed by atoms with Gasteiger partial charge in [-0.1, -0.05) is 0 Å². The smallest absolute Gasteiger partial charge is 0.208 e. The Balaban J connectivity index is 1.19. The minimum atomic E-state index is 0.562. The monoisotopic (exact) mass is 416 g/mol. The second kappa shape index (κ2) is 10.1. The molecule has 3 aliphatic rings. The van der Waals surface area contributed by atoms with Crippen LogP contribution in [-0.2, 0) is 6.54 Å². The highest BCUT2D eigenvalue weighted by atomic mass is 16.4. The van der Waals surface area contributed by atoms with Gasteiger partial charge in [-0.2, -0.15) is 0 Å². The van der Waals surface area contributed by atoms with Gasteiger partial charge < -0.3 is 20.0 Å². The normalized spacial score (nSPS) is 23.1. The van der Waals surface area contributed by atoms with Crippen molar-refractivity contribution in [3.63, 3.8) is 0 Å². The van der Waals surface area contributed by atoms with Crippen molar-refractivity contribution in [3.05, 3.63) is 17.3 Å². The van der Waals surface area contributed by atoms with Gasteiger partial charge in [-0.05, 0) is 78.3 Å². The van der Waals surface area contributed by atoms with Crippen LogP contribution in [0.4, 0.5) is 0 Å². The predicted molar refractivity (Wildman–Crippen MR) is 121 cm³/mol. The van der Waals surface area contributed by atoms with Gasteiger partial charge in [0.15, 0.2) is 5.96 Å². The Morgan fingerprint density at radius 1 is 1.07 bits per heavy atom. The fraction of sp³-hybridized carbons (Fsp3) is 0.826. The lowest BCUT2D eigenvalue weighted by molar-refractivity contribution is 0.166. The maximum Gasteiger partial charge on any atom is 0.208 e. The van der Waals surface area contributed by atoms with Crippen molar-refractivity contribution in [1.82, 2.24) is 25.4 Å². The van der Waals surface area contributed by atoms with Gasteiger partial charge in [0.25, 0.3) is 0 Å². The zero-order valence-electron chi connectivity index (χ0n) is 19.1. The summed E-state index contributed by atoms with van der Waals surface area (Å²) in [4.78, 5) is 14.6. The number of aryl methyl sites for hydroxylation is 2. The Kier molecular flexibility index (Phi) is 7.31. The molecule has 0 unspecified atom stereocenters. The number of oxazole rings is 1. The van der Waals surface area contributed by atoms with Crippen LogP contribution in [0.1, 0.15) is 62.8 Å². The molecule has 0 atom stereocenters. The first-order valence-corrected chi connectivity index (χ1v) is 12.0. The van der Waals surface area contributed by atoms with E-state index < -0.39 is 0 Å². The van der Waals surface area contributed by atoms with Gasteiger partial charge in [0, 0.05) is 38.3 Å². The summed E-state index contributed by atoms with van der Waals surface area (Å²) in [6, 6.07) is 1.46. The fourth-order valence-electron chi connectivity index (χ4n) is 4.71. The topological polar surface area (TPSA) is 68.9 Å². The van der Waals surface area contributed by atoms with E-state index in [1.807, 2.05) is 13.8 Å². The number of nitrogens with one attached hydrogen (secondary N) is 2. The number of aliphatic imine (C=N–C) groups is 1. The lowest BCUT2D eigenvalue weighted by Gasteiger charge is -2.33. The molecule has 7 heteroatoms. The van der Waals surface area contributed by atoms with E-state index in [0.717, 1.165) is 62.1 Å². The molecular formula is C23H40N6O. The lowest BCUT2D eigenvalue weighted by atomic mass is 9.97. The number of hydrogen-bond donors (Lipinski definition) is 2. The first-order valence-electron chi connectivity index (χ1n) is 12.0. The second-order valence-corrected chi connectivity index (χ2v) is 9.37. The molecule has 0 amide bonds. The lowest BCUT2D eigenvalue weighted by Crippen LogP contribution is -2.49. The van der Waals surface area contributed by atoms with Crippen LogP contribution in [0.2, 0.25) is 0 Å². The summed E-state index contributed by atoms with van der Waals surface area (Å²) in [5.41, 5.74) is 1.01. The third kappa shape index (κ3) is 5.97. The van der Waals surface area contributed by atoms with Crippen molar-refractivity contribution in [3.8, 4) is 0 Å². The van der Waals surface area contributed by atoms with Crippen molar-refractivity contribution < 1.29 is 4.42 Å². The van der Waals surface area contributed by atoms with Gasteiger partial charge in [0.1, 0.15) is 5.76 Å². The van der Waals surface area contributed by atoms with Crippen LogP contribution in [-0.4, -0.2) is 72.1 Å². The third-order valence-electron chi connectivity index (χ3n) is 6.92. The molecule has 1 aliphatic carbocycles. The van der Waals surface area contributed by atoms with Gasteiger partial charge in [-0.15, -0.1) is 0 Å². The number of piperidine rings is 2. The number of rotatable bonds is 7. The number of aromatic nitrogens is 1. The van der Waals surface area contributed by atoms with Crippen LogP contribution < -0.4 is 10.6 Å². The summed E-state index contributed by atoms with van der Waals surface area (Å²) in [5, 5.41) is 7.17. The van der Waals surface area contributed by atoms with Crippen LogP contribution in [0, 0.1) is 19.8 Å². The Morgan fingerprint density at radius 3 is 2.40 bits per heavy atom.